The zero-order chi connectivity index (χ0) is 23.8. The summed E-state index contributed by atoms with van der Waals surface area (Å²) in [5.41, 5.74) is 3.27. The van der Waals surface area contributed by atoms with E-state index in [1.807, 2.05) is 54.9 Å². The highest BCUT2D eigenvalue weighted by Crippen LogP contribution is 2.30. The third-order valence-corrected chi connectivity index (χ3v) is 5.80. The lowest BCUT2D eigenvalue weighted by molar-refractivity contribution is 0.102. The molecule has 3 aromatic carbocycles. The molecule has 0 unspecified atom stereocenters. The Kier molecular flexibility index (Phi) is 5.43. The Hall–Kier alpha value is -4.30. The molecular weight excluding hydrogens is 430 g/mol. The summed E-state index contributed by atoms with van der Waals surface area (Å²) < 4.78 is 1.83. The Morgan fingerprint density at radius 3 is 2.47 bits per heavy atom. The molecule has 0 atom stereocenters. The first-order valence-electron chi connectivity index (χ1n) is 11.0. The number of benzene rings is 3. The van der Waals surface area contributed by atoms with Gasteiger partial charge in [-0.05, 0) is 43.7 Å². The molecule has 0 aliphatic carbocycles. The smallest absolute Gasteiger partial charge is 0.276 e. The van der Waals surface area contributed by atoms with Gasteiger partial charge in [0.25, 0.3) is 11.5 Å². The van der Waals surface area contributed by atoms with Crippen LogP contribution in [0.25, 0.3) is 32.9 Å². The molecule has 5 aromatic rings. The molecule has 0 aliphatic heterocycles. The Morgan fingerprint density at radius 2 is 1.74 bits per heavy atom. The molecule has 0 saturated heterocycles. The van der Waals surface area contributed by atoms with E-state index in [2.05, 4.69) is 20.6 Å². The molecule has 3 N–H and O–H groups in total. The summed E-state index contributed by atoms with van der Waals surface area (Å²) in [6.07, 6.45) is 0. The Balaban J connectivity index is 1.52. The van der Waals surface area contributed by atoms with Crippen LogP contribution >= 0.6 is 0 Å². The summed E-state index contributed by atoms with van der Waals surface area (Å²) in [5, 5.41) is 26.2. The van der Waals surface area contributed by atoms with Crippen molar-refractivity contribution in [2.75, 3.05) is 5.32 Å². The van der Waals surface area contributed by atoms with Crippen LogP contribution in [-0.4, -0.2) is 31.0 Å². The molecule has 34 heavy (non-hydrogen) atoms. The predicted molar refractivity (Wildman–Crippen MR) is 132 cm³/mol. The minimum Gasteiger partial charge on any atom is -0.392 e. The number of nitrogens with zero attached hydrogens (tertiary/aromatic N) is 3. The number of anilines is 1. The van der Waals surface area contributed by atoms with Gasteiger partial charge in [-0.2, -0.15) is 10.2 Å². The highest BCUT2D eigenvalue weighted by atomic mass is 16.3. The van der Waals surface area contributed by atoms with Crippen LogP contribution in [0, 0.1) is 0 Å². The molecule has 5 rings (SSSR count). The number of nitrogens with one attached hydrogen (secondary N) is 2. The van der Waals surface area contributed by atoms with Gasteiger partial charge in [-0.15, -0.1) is 0 Å². The van der Waals surface area contributed by atoms with Crippen LogP contribution in [0.4, 0.5) is 5.69 Å². The van der Waals surface area contributed by atoms with Gasteiger partial charge < -0.3 is 10.4 Å². The topological polar surface area (TPSA) is 113 Å². The molecule has 2 aromatic heterocycles. The van der Waals surface area contributed by atoms with Crippen molar-refractivity contribution >= 4 is 33.3 Å². The van der Waals surface area contributed by atoms with E-state index in [1.54, 1.807) is 30.3 Å². The van der Waals surface area contributed by atoms with E-state index >= 15 is 0 Å². The maximum atomic E-state index is 13.1. The van der Waals surface area contributed by atoms with Crippen molar-refractivity contribution in [3.8, 4) is 11.3 Å². The van der Waals surface area contributed by atoms with Crippen LogP contribution in [0.1, 0.15) is 35.9 Å². The Morgan fingerprint density at radius 1 is 1.03 bits per heavy atom. The van der Waals surface area contributed by atoms with E-state index in [4.69, 9.17) is 0 Å². The van der Waals surface area contributed by atoms with Gasteiger partial charge in [0.15, 0.2) is 5.69 Å². The fourth-order valence-electron chi connectivity index (χ4n) is 4.19. The summed E-state index contributed by atoms with van der Waals surface area (Å²) in [6, 6.07) is 20.1. The average molecular weight is 454 g/mol. The number of fused-ring (bicyclic) bond motifs is 2. The van der Waals surface area contributed by atoms with Crippen LogP contribution in [0.3, 0.4) is 0 Å². The van der Waals surface area contributed by atoms with Crippen molar-refractivity contribution < 1.29 is 9.90 Å². The first-order valence-corrected chi connectivity index (χ1v) is 11.0. The molecule has 0 fully saturated rings. The maximum absolute atomic E-state index is 13.1. The third kappa shape index (κ3) is 3.64. The molecule has 1 amide bonds. The normalized spacial score (nSPS) is 11.4. The number of aliphatic hydroxyl groups excluding tert-OH is 1. The second-order valence-corrected chi connectivity index (χ2v) is 8.34. The average Bonchev–Trinajstić information content (AvgIpc) is 3.25. The number of amides is 1. The molecule has 0 saturated carbocycles. The van der Waals surface area contributed by atoms with E-state index in [-0.39, 0.29) is 24.1 Å². The van der Waals surface area contributed by atoms with Crippen molar-refractivity contribution in [2.45, 2.75) is 26.5 Å². The number of H-pyrrole nitrogens is 1. The molecular formula is C26H23N5O3. The van der Waals surface area contributed by atoms with Gasteiger partial charge in [0.05, 0.1) is 23.2 Å². The number of carbonyl (C=O) groups excluding carboxylic acids is 1. The van der Waals surface area contributed by atoms with Crippen molar-refractivity contribution in [3.63, 3.8) is 0 Å². The van der Waals surface area contributed by atoms with Crippen molar-refractivity contribution in [1.29, 1.82) is 0 Å². The fraction of sp³-hybridized carbons (Fsp3) is 0.154. The van der Waals surface area contributed by atoms with E-state index in [9.17, 15) is 14.7 Å². The number of rotatable bonds is 5. The number of hydrogen-bond donors (Lipinski definition) is 3. The van der Waals surface area contributed by atoms with Gasteiger partial charge in [0, 0.05) is 28.1 Å². The maximum Gasteiger partial charge on any atom is 0.276 e. The summed E-state index contributed by atoms with van der Waals surface area (Å²) in [5.74, 6) is -0.333. The van der Waals surface area contributed by atoms with Crippen LogP contribution in [0.2, 0.25) is 0 Å². The van der Waals surface area contributed by atoms with E-state index in [0.717, 1.165) is 10.9 Å². The number of hydrogen-bond acceptors (Lipinski definition) is 5. The second kappa shape index (κ2) is 8.57. The highest BCUT2D eigenvalue weighted by molar-refractivity contribution is 6.11. The van der Waals surface area contributed by atoms with E-state index in [1.165, 1.54) is 0 Å². The van der Waals surface area contributed by atoms with Crippen molar-refractivity contribution in [2.24, 2.45) is 0 Å². The number of carbonyl (C=O) groups is 1. The van der Waals surface area contributed by atoms with Gasteiger partial charge in [-0.1, -0.05) is 42.5 Å². The molecule has 8 nitrogen and oxygen atoms in total. The van der Waals surface area contributed by atoms with Crippen molar-refractivity contribution in [3.05, 3.63) is 88.3 Å². The largest absolute Gasteiger partial charge is 0.392 e. The second-order valence-electron chi connectivity index (χ2n) is 8.34. The molecule has 0 aliphatic rings. The van der Waals surface area contributed by atoms with Gasteiger partial charge in [-0.25, -0.2) is 5.10 Å². The lowest BCUT2D eigenvalue weighted by atomic mass is 9.99. The minimum atomic E-state index is -0.333. The zero-order valence-corrected chi connectivity index (χ0v) is 18.7. The quantitative estimate of drug-likeness (QED) is 0.368. The molecule has 170 valence electrons. The predicted octanol–water partition coefficient (Wildman–Crippen LogP) is 4.27. The standard InChI is InChI=1S/C26H23N5O3/c1-15(2)31-22-10-6-5-9-21(22)24(30-31)26(34)27-17-11-12-18(16(13-17)14-32)23-19-7-3-4-8-20(19)25(33)29-28-23/h3-13,15,32H,14H2,1-2H3,(H,27,34)(H,29,33). The van der Waals surface area contributed by atoms with Gasteiger partial charge >= 0.3 is 0 Å². The summed E-state index contributed by atoms with van der Waals surface area (Å²) in [4.78, 5) is 25.3. The molecule has 0 bridgehead atoms. The third-order valence-electron chi connectivity index (χ3n) is 5.80. The highest BCUT2D eigenvalue weighted by Gasteiger charge is 2.19. The lowest BCUT2D eigenvalue weighted by Gasteiger charge is -2.12. The fourth-order valence-corrected chi connectivity index (χ4v) is 4.19. The molecule has 8 heteroatoms. The van der Waals surface area contributed by atoms with Crippen LogP contribution in [0.15, 0.2) is 71.5 Å². The summed E-state index contributed by atoms with van der Waals surface area (Å²) in [7, 11) is 0. The monoisotopic (exact) mass is 453 g/mol. The molecule has 2 heterocycles. The Labute approximate surface area is 194 Å². The first kappa shape index (κ1) is 21.5. The zero-order valence-electron chi connectivity index (χ0n) is 18.7. The Bertz CT molecular complexity index is 1600. The SMILES string of the molecule is CC(C)n1nc(C(=O)Nc2ccc(-c3n[nH]c(=O)c4ccccc34)c(CO)c2)c2ccccc21. The van der Waals surface area contributed by atoms with Crippen LogP contribution < -0.4 is 10.9 Å². The van der Waals surface area contributed by atoms with E-state index < -0.39 is 0 Å². The van der Waals surface area contributed by atoms with E-state index in [0.29, 0.717) is 39.0 Å². The van der Waals surface area contributed by atoms with Crippen molar-refractivity contribution in [1.82, 2.24) is 20.0 Å². The van der Waals surface area contributed by atoms with Crippen LogP contribution in [-0.2, 0) is 6.61 Å². The number of aromatic nitrogens is 4. The lowest BCUT2D eigenvalue weighted by Crippen LogP contribution is -2.14. The molecule has 0 radical (unpaired) electrons. The number of aromatic amines is 1. The van der Waals surface area contributed by atoms with Gasteiger partial charge in [0.2, 0.25) is 0 Å². The summed E-state index contributed by atoms with van der Waals surface area (Å²) in [6.45, 7) is 3.77. The van der Waals surface area contributed by atoms with Gasteiger partial charge in [0.1, 0.15) is 0 Å². The summed E-state index contributed by atoms with van der Waals surface area (Å²) >= 11 is 0. The van der Waals surface area contributed by atoms with Crippen LogP contribution in [0.5, 0.6) is 0 Å². The van der Waals surface area contributed by atoms with Gasteiger partial charge in [-0.3, -0.25) is 14.3 Å². The number of para-hydroxylation sites is 1. The number of aliphatic hydroxyl groups is 1. The first-order chi connectivity index (χ1) is 16.5. The minimum absolute atomic E-state index is 0.103. The molecule has 0 spiro atoms.